The monoisotopic (exact) mass is 178 g/mol. The number of rotatable bonds is 2. The van der Waals surface area contributed by atoms with Gasteiger partial charge in [0.1, 0.15) is 0 Å². The average Bonchev–Trinajstić information content (AvgIpc) is 1.84. The van der Waals surface area contributed by atoms with Crippen LogP contribution in [0.5, 0.6) is 0 Å². The molecule has 11 heavy (non-hydrogen) atoms. The lowest BCUT2D eigenvalue weighted by Gasteiger charge is -2.31. The highest BCUT2D eigenvalue weighted by Gasteiger charge is 2.48. The van der Waals surface area contributed by atoms with Crippen molar-refractivity contribution < 1.29 is 18.3 Å². The summed E-state index contributed by atoms with van der Waals surface area (Å²) >= 11 is 0. The topological polar surface area (TPSA) is 71.4 Å². The minimum absolute atomic E-state index is 0.180. The number of carboxylic acid groups (broad SMARTS) is 1. The molecule has 0 aromatic rings. The Bertz CT molecular complexity index is 266. The van der Waals surface area contributed by atoms with Crippen molar-refractivity contribution in [3.8, 4) is 0 Å². The van der Waals surface area contributed by atoms with E-state index in [0.29, 0.717) is 6.42 Å². The van der Waals surface area contributed by atoms with Crippen LogP contribution in [0.4, 0.5) is 0 Å². The summed E-state index contributed by atoms with van der Waals surface area (Å²) in [4.78, 5) is 10.4. The number of sulfone groups is 1. The summed E-state index contributed by atoms with van der Waals surface area (Å²) in [6.07, 6.45) is 0.402. The minimum Gasteiger partial charge on any atom is -0.481 e. The summed E-state index contributed by atoms with van der Waals surface area (Å²) in [6.45, 7) is 1.69. The zero-order chi connectivity index (χ0) is 8.65. The van der Waals surface area contributed by atoms with Crippen LogP contribution in [0.2, 0.25) is 0 Å². The fraction of sp³-hybridized carbons (Fsp3) is 0.833. The number of hydrogen-bond acceptors (Lipinski definition) is 3. The first-order valence-electron chi connectivity index (χ1n) is 3.43. The van der Waals surface area contributed by atoms with Crippen molar-refractivity contribution in [2.45, 2.75) is 18.6 Å². The lowest BCUT2D eigenvalue weighted by atomic mass is 10.1. The first kappa shape index (κ1) is 8.52. The van der Waals surface area contributed by atoms with Crippen LogP contribution in [0.3, 0.4) is 0 Å². The van der Waals surface area contributed by atoms with Gasteiger partial charge in [-0.25, -0.2) is 8.42 Å². The van der Waals surface area contributed by atoms with E-state index >= 15 is 0 Å². The van der Waals surface area contributed by atoms with E-state index in [1.54, 1.807) is 6.92 Å². The van der Waals surface area contributed by atoms with Gasteiger partial charge in [-0.3, -0.25) is 4.79 Å². The van der Waals surface area contributed by atoms with Gasteiger partial charge in [-0.15, -0.1) is 0 Å². The Balaban J connectivity index is 2.75. The summed E-state index contributed by atoms with van der Waals surface area (Å²) in [7, 11) is -3.05. The first-order valence-corrected chi connectivity index (χ1v) is 5.15. The molecule has 4 nitrogen and oxygen atoms in total. The molecule has 1 rings (SSSR count). The molecule has 2 atom stereocenters. The van der Waals surface area contributed by atoms with Crippen LogP contribution in [0.25, 0.3) is 0 Å². The molecule has 0 aromatic carbocycles. The standard InChI is InChI=1S/C6H10O4S/c1-2-5-4(6(7)8)3-11(5,9)10/h4-5H,2-3H2,1H3,(H,7,8). The maximum atomic E-state index is 10.9. The molecule has 0 bridgehead atoms. The second kappa shape index (κ2) is 2.48. The molecule has 0 saturated carbocycles. The molecule has 1 heterocycles. The smallest absolute Gasteiger partial charge is 0.308 e. The molecule has 0 radical (unpaired) electrons. The Labute approximate surface area is 65.1 Å². The molecule has 64 valence electrons. The second-order valence-electron chi connectivity index (χ2n) is 2.72. The SMILES string of the molecule is CCC1C(C(=O)O)CS1(=O)=O. The van der Waals surface area contributed by atoms with E-state index in [2.05, 4.69) is 0 Å². The molecule has 5 heteroatoms. The van der Waals surface area contributed by atoms with Gasteiger partial charge in [-0.2, -0.15) is 0 Å². The van der Waals surface area contributed by atoms with Crippen LogP contribution in [-0.2, 0) is 14.6 Å². The molecular formula is C6H10O4S. The van der Waals surface area contributed by atoms with E-state index in [-0.39, 0.29) is 5.75 Å². The van der Waals surface area contributed by atoms with E-state index < -0.39 is 27.0 Å². The van der Waals surface area contributed by atoms with E-state index in [0.717, 1.165) is 0 Å². The Morgan fingerprint density at radius 3 is 2.36 bits per heavy atom. The Morgan fingerprint density at radius 1 is 1.64 bits per heavy atom. The lowest BCUT2D eigenvalue weighted by Crippen LogP contribution is -2.50. The van der Waals surface area contributed by atoms with Gasteiger partial charge in [0.2, 0.25) is 0 Å². The molecule has 1 aliphatic heterocycles. The van der Waals surface area contributed by atoms with Crippen molar-refractivity contribution in [2.24, 2.45) is 5.92 Å². The number of carbonyl (C=O) groups is 1. The maximum Gasteiger partial charge on any atom is 0.308 e. The summed E-state index contributed by atoms with van der Waals surface area (Å²) in [5, 5.41) is 7.86. The molecule has 1 aliphatic rings. The van der Waals surface area contributed by atoms with Crippen LogP contribution in [-0.4, -0.2) is 30.5 Å². The van der Waals surface area contributed by atoms with Crippen molar-refractivity contribution in [1.29, 1.82) is 0 Å². The van der Waals surface area contributed by atoms with Gasteiger partial charge in [-0.05, 0) is 6.42 Å². The van der Waals surface area contributed by atoms with Crippen LogP contribution < -0.4 is 0 Å². The summed E-state index contributed by atoms with van der Waals surface area (Å²) < 4.78 is 21.8. The van der Waals surface area contributed by atoms with Gasteiger partial charge >= 0.3 is 5.97 Å². The first-order chi connectivity index (χ1) is 4.99. The highest BCUT2D eigenvalue weighted by Crippen LogP contribution is 2.30. The molecule has 2 unspecified atom stereocenters. The normalized spacial score (nSPS) is 34.3. The molecule has 1 saturated heterocycles. The van der Waals surface area contributed by atoms with E-state index in [1.165, 1.54) is 0 Å². The van der Waals surface area contributed by atoms with Crippen molar-refractivity contribution in [3.63, 3.8) is 0 Å². The molecular weight excluding hydrogens is 168 g/mol. The third-order valence-electron chi connectivity index (χ3n) is 2.04. The Hall–Kier alpha value is -0.580. The zero-order valence-electron chi connectivity index (χ0n) is 6.15. The number of aliphatic carboxylic acids is 1. The molecule has 1 fully saturated rings. The van der Waals surface area contributed by atoms with Crippen molar-refractivity contribution in [1.82, 2.24) is 0 Å². The highest BCUT2D eigenvalue weighted by atomic mass is 32.2. The van der Waals surface area contributed by atoms with E-state index in [9.17, 15) is 13.2 Å². The summed E-state index contributed by atoms with van der Waals surface area (Å²) in [5.74, 6) is -1.84. The zero-order valence-corrected chi connectivity index (χ0v) is 6.97. The average molecular weight is 178 g/mol. The summed E-state index contributed by atoms with van der Waals surface area (Å²) in [5.41, 5.74) is 0. The molecule has 0 amide bonds. The van der Waals surface area contributed by atoms with Crippen LogP contribution in [0.1, 0.15) is 13.3 Å². The van der Waals surface area contributed by atoms with E-state index in [1.807, 2.05) is 0 Å². The lowest BCUT2D eigenvalue weighted by molar-refractivity contribution is -0.141. The Kier molecular flexibility index (Phi) is 1.92. The van der Waals surface area contributed by atoms with Gasteiger partial charge in [0.15, 0.2) is 9.84 Å². The predicted molar refractivity (Wildman–Crippen MR) is 39.0 cm³/mol. The summed E-state index contributed by atoms with van der Waals surface area (Å²) in [6, 6.07) is 0. The van der Waals surface area contributed by atoms with Crippen molar-refractivity contribution in [2.75, 3.05) is 5.75 Å². The molecule has 0 aliphatic carbocycles. The fourth-order valence-electron chi connectivity index (χ4n) is 1.38. The Morgan fingerprint density at radius 2 is 2.18 bits per heavy atom. The van der Waals surface area contributed by atoms with Gasteiger partial charge < -0.3 is 5.11 Å². The quantitative estimate of drug-likeness (QED) is 0.640. The van der Waals surface area contributed by atoms with E-state index in [4.69, 9.17) is 5.11 Å². The predicted octanol–water partition coefficient (Wildman–Crippen LogP) is -0.106. The third kappa shape index (κ3) is 1.24. The van der Waals surface area contributed by atoms with Crippen LogP contribution in [0.15, 0.2) is 0 Å². The molecule has 0 spiro atoms. The van der Waals surface area contributed by atoms with Gasteiger partial charge in [0, 0.05) is 0 Å². The van der Waals surface area contributed by atoms with Crippen LogP contribution >= 0.6 is 0 Å². The van der Waals surface area contributed by atoms with Crippen molar-refractivity contribution in [3.05, 3.63) is 0 Å². The molecule has 1 N–H and O–H groups in total. The number of hydrogen-bond donors (Lipinski definition) is 1. The minimum atomic E-state index is -3.05. The largest absolute Gasteiger partial charge is 0.481 e. The highest BCUT2D eigenvalue weighted by molar-refractivity contribution is 7.93. The number of carboxylic acids is 1. The third-order valence-corrected chi connectivity index (χ3v) is 4.45. The van der Waals surface area contributed by atoms with Crippen molar-refractivity contribution >= 4 is 15.8 Å². The molecule has 0 aromatic heterocycles. The van der Waals surface area contributed by atoms with Gasteiger partial charge in [0.25, 0.3) is 0 Å². The fourth-order valence-corrected chi connectivity index (χ4v) is 3.36. The van der Waals surface area contributed by atoms with Gasteiger partial charge in [0.05, 0.1) is 16.9 Å². The van der Waals surface area contributed by atoms with Crippen LogP contribution in [0, 0.1) is 5.92 Å². The maximum absolute atomic E-state index is 10.9. The second-order valence-corrected chi connectivity index (χ2v) is 4.99. The van der Waals surface area contributed by atoms with Gasteiger partial charge in [-0.1, -0.05) is 6.92 Å².